The Kier molecular flexibility index (Phi) is 11.7. The van der Waals surface area contributed by atoms with E-state index < -0.39 is 7.32 Å². The van der Waals surface area contributed by atoms with Crippen LogP contribution in [0.1, 0.15) is 173 Å². The topological polar surface area (TPSA) is 27.7 Å². The Labute approximate surface area is 248 Å². The van der Waals surface area contributed by atoms with Gasteiger partial charge in [0.2, 0.25) is 0 Å². The van der Waals surface area contributed by atoms with E-state index in [2.05, 4.69) is 0 Å². The van der Waals surface area contributed by atoms with Gasteiger partial charge in [-0.1, -0.05) is 96.3 Å². The zero-order valence-electron chi connectivity index (χ0n) is 26.1. The summed E-state index contributed by atoms with van der Waals surface area (Å²) in [5.74, 6) is 5.84. The summed E-state index contributed by atoms with van der Waals surface area (Å²) in [5.41, 5.74) is 0. The van der Waals surface area contributed by atoms with Crippen LogP contribution in [0.25, 0.3) is 0 Å². The highest BCUT2D eigenvalue weighted by Gasteiger charge is 2.39. The first kappa shape index (κ1) is 30.0. The molecule has 40 heavy (non-hydrogen) atoms. The standard InChI is InChI=1S/C36H63BO3/c1-4-10-28(11-5-1)31-16-22-34(23-17-31)38-37(39-35-24-18-32(19-25-35)29-12-6-2-7-13-29)40-36-26-20-33(21-27-36)30-14-8-3-9-15-30/h28-36H,1-27H2. The molecule has 0 N–H and O–H groups in total. The normalized spacial score (nSPS) is 37.8. The third-order valence-electron chi connectivity index (χ3n) is 13.0. The van der Waals surface area contributed by atoms with Crippen molar-refractivity contribution in [3.8, 4) is 0 Å². The van der Waals surface area contributed by atoms with E-state index in [1.165, 1.54) is 173 Å². The van der Waals surface area contributed by atoms with Gasteiger partial charge in [-0.3, -0.25) is 0 Å². The number of rotatable bonds is 9. The molecule has 0 saturated heterocycles. The molecule has 0 atom stereocenters. The zero-order chi connectivity index (χ0) is 27.0. The minimum Gasteiger partial charge on any atom is -0.383 e. The quantitative estimate of drug-likeness (QED) is 0.265. The van der Waals surface area contributed by atoms with Gasteiger partial charge in [-0.05, 0) is 113 Å². The lowest BCUT2D eigenvalue weighted by Crippen LogP contribution is -2.42. The van der Waals surface area contributed by atoms with Crippen molar-refractivity contribution >= 4 is 7.32 Å². The fourth-order valence-electron chi connectivity index (χ4n) is 10.5. The molecule has 0 bridgehead atoms. The molecule has 6 rings (SSSR count). The van der Waals surface area contributed by atoms with E-state index in [0.717, 1.165) is 35.5 Å². The maximum Gasteiger partial charge on any atom is 0.640 e. The van der Waals surface area contributed by atoms with Crippen LogP contribution in [0.5, 0.6) is 0 Å². The van der Waals surface area contributed by atoms with Crippen LogP contribution >= 0.6 is 0 Å². The molecule has 6 aliphatic carbocycles. The van der Waals surface area contributed by atoms with Gasteiger partial charge >= 0.3 is 7.32 Å². The largest absolute Gasteiger partial charge is 0.640 e. The second-order valence-electron chi connectivity index (χ2n) is 15.5. The van der Waals surface area contributed by atoms with Crippen LogP contribution in [0, 0.1) is 35.5 Å². The summed E-state index contributed by atoms with van der Waals surface area (Å²) in [6, 6.07) is 0. The van der Waals surface area contributed by atoms with Crippen molar-refractivity contribution in [1.82, 2.24) is 0 Å². The van der Waals surface area contributed by atoms with E-state index in [1.54, 1.807) is 0 Å². The highest BCUT2D eigenvalue weighted by atomic mass is 16.7. The molecule has 0 unspecified atom stereocenters. The Morgan fingerprint density at radius 2 is 0.475 bits per heavy atom. The van der Waals surface area contributed by atoms with Crippen LogP contribution in [0.3, 0.4) is 0 Å². The van der Waals surface area contributed by atoms with Crippen LogP contribution in [-0.2, 0) is 14.0 Å². The smallest absolute Gasteiger partial charge is 0.383 e. The van der Waals surface area contributed by atoms with Crippen LogP contribution in [0.4, 0.5) is 0 Å². The zero-order valence-corrected chi connectivity index (χ0v) is 26.1. The maximum atomic E-state index is 6.77. The molecule has 0 aromatic heterocycles. The average Bonchev–Trinajstić information content (AvgIpc) is 3.03. The van der Waals surface area contributed by atoms with Crippen molar-refractivity contribution in [1.29, 1.82) is 0 Å². The van der Waals surface area contributed by atoms with Gasteiger partial charge < -0.3 is 14.0 Å². The molecular formula is C36H63BO3. The molecule has 0 spiro atoms. The summed E-state index contributed by atoms with van der Waals surface area (Å²) in [7, 11) is -0.427. The molecule has 0 aromatic rings. The molecule has 0 radical (unpaired) electrons. The molecule has 6 fully saturated rings. The minimum atomic E-state index is -0.427. The van der Waals surface area contributed by atoms with Gasteiger partial charge in [0.15, 0.2) is 0 Å². The maximum absolute atomic E-state index is 6.77. The van der Waals surface area contributed by atoms with Gasteiger partial charge in [0.25, 0.3) is 0 Å². The van der Waals surface area contributed by atoms with E-state index in [-0.39, 0.29) is 0 Å². The minimum absolute atomic E-state index is 0.335. The van der Waals surface area contributed by atoms with E-state index in [4.69, 9.17) is 14.0 Å². The molecule has 228 valence electrons. The van der Waals surface area contributed by atoms with Crippen molar-refractivity contribution in [3.05, 3.63) is 0 Å². The first-order valence-electron chi connectivity index (χ1n) is 18.8. The van der Waals surface area contributed by atoms with Gasteiger partial charge in [0, 0.05) is 18.3 Å². The second-order valence-corrected chi connectivity index (χ2v) is 15.5. The fraction of sp³-hybridized carbons (Fsp3) is 1.00. The van der Waals surface area contributed by atoms with Crippen molar-refractivity contribution in [3.63, 3.8) is 0 Å². The first-order valence-corrected chi connectivity index (χ1v) is 18.8. The molecule has 0 aromatic carbocycles. The predicted octanol–water partition coefficient (Wildman–Crippen LogP) is 10.4. The third-order valence-corrected chi connectivity index (χ3v) is 13.0. The summed E-state index contributed by atoms with van der Waals surface area (Å²) >= 11 is 0. The molecule has 0 heterocycles. The Balaban J connectivity index is 0.992. The van der Waals surface area contributed by atoms with Crippen molar-refractivity contribution in [2.45, 2.75) is 192 Å². The number of hydrogen-bond donors (Lipinski definition) is 0. The first-order chi connectivity index (χ1) is 19.8. The third kappa shape index (κ3) is 8.52. The molecule has 4 heteroatoms. The SMILES string of the molecule is C1CCC(C2CCC(OB(OC3CCC(C4CCCCC4)CC3)OC3CCC(C4CCCCC4)CC3)CC2)CC1. The Morgan fingerprint density at radius 3 is 0.725 bits per heavy atom. The highest BCUT2D eigenvalue weighted by Crippen LogP contribution is 2.42. The second kappa shape index (κ2) is 15.6. The fourth-order valence-corrected chi connectivity index (χ4v) is 10.5. The number of hydrogen-bond acceptors (Lipinski definition) is 3. The van der Waals surface area contributed by atoms with Gasteiger partial charge in [-0.25, -0.2) is 0 Å². The lowest BCUT2D eigenvalue weighted by Gasteiger charge is -2.39. The predicted molar refractivity (Wildman–Crippen MR) is 166 cm³/mol. The van der Waals surface area contributed by atoms with Crippen LogP contribution in [0.15, 0.2) is 0 Å². The lowest BCUT2D eigenvalue weighted by molar-refractivity contribution is -0.0312. The van der Waals surface area contributed by atoms with Crippen LogP contribution in [0.2, 0.25) is 0 Å². The Morgan fingerprint density at radius 1 is 0.250 bits per heavy atom. The van der Waals surface area contributed by atoms with Gasteiger partial charge in [0.05, 0.1) is 0 Å². The summed E-state index contributed by atoms with van der Waals surface area (Å²) in [5, 5.41) is 0. The van der Waals surface area contributed by atoms with Gasteiger partial charge in [-0.15, -0.1) is 0 Å². The van der Waals surface area contributed by atoms with Crippen LogP contribution < -0.4 is 0 Å². The average molecular weight is 555 g/mol. The Bertz CT molecular complexity index is 594. The summed E-state index contributed by atoms with van der Waals surface area (Å²) in [6.45, 7) is 0. The molecule has 0 aliphatic heterocycles. The Hall–Kier alpha value is -0.0551. The van der Waals surface area contributed by atoms with Crippen molar-refractivity contribution < 1.29 is 14.0 Å². The molecule has 6 saturated carbocycles. The summed E-state index contributed by atoms with van der Waals surface area (Å²) in [4.78, 5) is 0. The molecular weight excluding hydrogens is 491 g/mol. The van der Waals surface area contributed by atoms with Crippen molar-refractivity contribution in [2.75, 3.05) is 0 Å². The van der Waals surface area contributed by atoms with E-state index in [1.807, 2.05) is 0 Å². The molecule has 6 aliphatic rings. The van der Waals surface area contributed by atoms with E-state index in [9.17, 15) is 0 Å². The van der Waals surface area contributed by atoms with Crippen LogP contribution in [-0.4, -0.2) is 25.6 Å². The van der Waals surface area contributed by atoms with Gasteiger partial charge in [0.1, 0.15) is 0 Å². The van der Waals surface area contributed by atoms with E-state index in [0.29, 0.717) is 18.3 Å². The van der Waals surface area contributed by atoms with E-state index >= 15 is 0 Å². The monoisotopic (exact) mass is 554 g/mol. The lowest BCUT2D eigenvalue weighted by atomic mass is 9.72. The van der Waals surface area contributed by atoms with Crippen molar-refractivity contribution in [2.24, 2.45) is 35.5 Å². The van der Waals surface area contributed by atoms with Gasteiger partial charge in [-0.2, -0.15) is 0 Å². The highest BCUT2D eigenvalue weighted by molar-refractivity contribution is 6.36. The molecule has 3 nitrogen and oxygen atoms in total. The summed E-state index contributed by atoms with van der Waals surface area (Å²) < 4.78 is 20.3. The molecule has 0 amide bonds. The summed E-state index contributed by atoms with van der Waals surface area (Å²) in [6.07, 6.45) is 38.6.